The summed E-state index contributed by atoms with van der Waals surface area (Å²) in [6.45, 7) is 10.8. The first-order chi connectivity index (χ1) is 8.65. The quantitative estimate of drug-likeness (QED) is 0.805. The van der Waals surface area contributed by atoms with E-state index in [9.17, 15) is 0 Å². The average molecular weight is 249 g/mol. The van der Waals surface area contributed by atoms with Gasteiger partial charge in [-0.3, -0.25) is 0 Å². The normalized spacial score (nSPS) is 12.5. The number of rotatable bonds is 7. The van der Waals surface area contributed by atoms with Crippen molar-refractivity contribution in [2.75, 3.05) is 18.5 Å². The van der Waals surface area contributed by atoms with Crippen molar-refractivity contribution in [3.63, 3.8) is 0 Å². The minimum absolute atomic E-state index is 0.539. The molecule has 0 aliphatic carbocycles. The fraction of sp³-hybridized carbons (Fsp3) is 0.667. The maximum absolute atomic E-state index is 4.77. The van der Waals surface area contributed by atoms with Gasteiger partial charge in [0.05, 0.1) is 0 Å². The van der Waals surface area contributed by atoms with Crippen LogP contribution in [-0.2, 0) is 13.0 Å². The van der Waals surface area contributed by atoms with Crippen molar-refractivity contribution in [2.24, 2.45) is 0 Å². The molecule has 0 saturated carbocycles. The highest BCUT2D eigenvalue weighted by Gasteiger charge is 2.13. The molecule has 0 aromatic carbocycles. The maximum Gasteiger partial charge on any atom is 0.129 e. The molecule has 3 nitrogen and oxygen atoms in total. The van der Waals surface area contributed by atoms with Crippen LogP contribution in [0.15, 0.2) is 12.1 Å². The molecule has 0 bridgehead atoms. The smallest absolute Gasteiger partial charge is 0.129 e. The van der Waals surface area contributed by atoms with Gasteiger partial charge in [0.1, 0.15) is 5.82 Å². The first-order valence-electron chi connectivity index (χ1n) is 7.07. The number of hydrogen-bond acceptors (Lipinski definition) is 3. The van der Waals surface area contributed by atoms with Gasteiger partial charge in [0.25, 0.3) is 0 Å². The van der Waals surface area contributed by atoms with E-state index in [1.807, 2.05) is 7.05 Å². The summed E-state index contributed by atoms with van der Waals surface area (Å²) in [4.78, 5) is 7.16. The second-order valence-corrected chi connectivity index (χ2v) is 4.75. The molecule has 1 unspecified atom stereocenters. The van der Waals surface area contributed by atoms with Crippen LogP contribution in [0.1, 0.15) is 45.4 Å². The Hall–Kier alpha value is -1.09. The van der Waals surface area contributed by atoms with Crippen LogP contribution in [0.2, 0.25) is 0 Å². The Morgan fingerprint density at radius 3 is 2.50 bits per heavy atom. The van der Waals surface area contributed by atoms with E-state index in [0.29, 0.717) is 6.04 Å². The minimum atomic E-state index is 0.539. The number of anilines is 1. The first kappa shape index (κ1) is 15.0. The molecule has 0 aliphatic heterocycles. The van der Waals surface area contributed by atoms with Gasteiger partial charge in [-0.05, 0) is 51.4 Å². The van der Waals surface area contributed by atoms with E-state index < -0.39 is 0 Å². The van der Waals surface area contributed by atoms with E-state index in [-0.39, 0.29) is 0 Å². The Kier molecular flexibility index (Phi) is 6.13. The third-order valence-corrected chi connectivity index (χ3v) is 3.43. The third-order valence-electron chi connectivity index (χ3n) is 3.43. The van der Waals surface area contributed by atoms with Crippen molar-refractivity contribution in [2.45, 2.75) is 53.1 Å². The number of aromatic nitrogens is 1. The molecule has 18 heavy (non-hydrogen) atoms. The Balaban J connectivity index is 3.08. The summed E-state index contributed by atoms with van der Waals surface area (Å²) in [6.07, 6.45) is 2.13. The van der Waals surface area contributed by atoms with E-state index in [1.165, 1.54) is 11.3 Å². The molecule has 1 aromatic rings. The number of nitrogens with zero attached hydrogens (tertiary/aromatic N) is 2. The molecule has 0 amide bonds. The molecule has 0 fully saturated rings. The summed E-state index contributed by atoms with van der Waals surface area (Å²) in [5.41, 5.74) is 2.50. The molecule has 0 saturated heterocycles. The number of hydrogen-bond donors (Lipinski definition) is 1. The fourth-order valence-corrected chi connectivity index (χ4v) is 2.19. The predicted octanol–water partition coefficient (Wildman–Crippen LogP) is 2.99. The zero-order valence-corrected chi connectivity index (χ0v) is 12.5. The van der Waals surface area contributed by atoms with E-state index in [0.717, 1.165) is 31.7 Å². The number of pyridine rings is 1. The Morgan fingerprint density at radius 2 is 2.00 bits per heavy atom. The summed E-state index contributed by atoms with van der Waals surface area (Å²) in [5.74, 6) is 1.12. The monoisotopic (exact) mass is 249 g/mol. The van der Waals surface area contributed by atoms with E-state index >= 15 is 0 Å². The Labute approximate surface area is 112 Å². The van der Waals surface area contributed by atoms with Crippen molar-refractivity contribution in [3.8, 4) is 0 Å². The highest BCUT2D eigenvalue weighted by Crippen LogP contribution is 2.19. The van der Waals surface area contributed by atoms with Gasteiger partial charge in [-0.15, -0.1) is 0 Å². The summed E-state index contributed by atoms with van der Waals surface area (Å²) in [5, 5.41) is 3.22. The number of nitrogens with one attached hydrogen (secondary N) is 1. The van der Waals surface area contributed by atoms with Crippen LogP contribution in [0.3, 0.4) is 0 Å². The van der Waals surface area contributed by atoms with Crippen LogP contribution in [-0.4, -0.2) is 24.6 Å². The van der Waals surface area contributed by atoms with Gasteiger partial charge in [-0.2, -0.15) is 0 Å². The standard InChI is InChI=1S/C15H27N3/c1-6-12(4)18(8-3)15-10-13(11-16-5)9-14(7-2)17-15/h9-10,12,16H,6-8,11H2,1-5H3. The molecule has 0 spiro atoms. The van der Waals surface area contributed by atoms with Crippen molar-refractivity contribution in [3.05, 3.63) is 23.4 Å². The van der Waals surface area contributed by atoms with Crippen LogP contribution < -0.4 is 10.2 Å². The van der Waals surface area contributed by atoms with Gasteiger partial charge in [-0.25, -0.2) is 4.98 Å². The predicted molar refractivity (Wildman–Crippen MR) is 79.2 cm³/mol. The zero-order valence-electron chi connectivity index (χ0n) is 12.5. The summed E-state index contributed by atoms with van der Waals surface area (Å²) >= 11 is 0. The van der Waals surface area contributed by atoms with Crippen LogP contribution in [0, 0.1) is 0 Å². The van der Waals surface area contributed by atoms with Gasteiger partial charge < -0.3 is 10.2 Å². The van der Waals surface area contributed by atoms with E-state index in [4.69, 9.17) is 4.98 Å². The van der Waals surface area contributed by atoms with Crippen molar-refractivity contribution < 1.29 is 0 Å². The van der Waals surface area contributed by atoms with Crippen molar-refractivity contribution in [1.82, 2.24) is 10.3 Å². The number of aryl methyl sites for hydroxylation is 1. The Bertz CT molecular complexity index is 363. The summed E-state index contributed by atoms with van der Waals surface area (Å²) < 4.78 is 0. The van der Waals surface area contributed by atoms with Gasteiger partial charge in [0.15, 0.2) is 0 Å². The molecule has 1 aromatic heterocycles. The van der Waals surface area contributed by atoms with Gasteiger partial charge in [0.2, 0.25) is 0 Å². The lowest BCUT2D eigenvalue weighted by atomic mass is 10.1. The highest BCUT2D eigenvalue weighted by atomic mass is 15.2. The topological polar surface area (TPSA) is 28.2 Å². The largest absolute Gasteiger partial charge is 0.354 e. The van der Waals surface area contributed by atoms with E-state index in [1.54, 1.807) is 0 Å². The molecule has 0 radical (unpaired) electrons. The average Bonchev–Trinajstić information content (AvgIpc) is 2.39. The van der Waals surface area contributed by atoms with Gasteiger partial charge >= 0.3 is 0 Å². The molecular formula is C15H27N3. The second-order valence-electron chi connectivity index (χ2n) is 4.75. The molecule has 1 atom stereocenters. The molecule has 0 aliphatic rings. The van der Waals surface area contributed by atoms with Crippen LogP contribution in [0.25, 0.3) is 0 Å². The summed E-state index contributed by atoms with van der Waals surface area (Å²) in [7, 11) is 1.98. The molecule has 102 valence electrons. The molecule has 1 N–H and O–H groups in total. The minimum Gasteiger partial charge on any atom is -0.354 e. The molecular weight excluding hydrogens is 222 g/mol. The highest BCUT2D eigenvalue weighted by molar-refractivity contribution is 5.43. The first-order valence-corrected chi connectivity index (χ1v) is 7.07. The summed E-state index contributed by atoms with van der Waals surface area (Å²) in [6, 6.07) is 4.95. The van der Waals surface area contributed by atoms with Crippen molar-refractivity contribution >= 4 is 5.82 Å². The zero-order chi connectivity index (χ0) is 13.5. The van der Waals surface area contributed by atoms with Crippen LogP contribution in [0.4, 0.5) is 5.82 Å². The van der Waals surface area contributed by atoms with Crippen LogP contribution >= 0.6 is 0 Å². The van der Waals surface area contributed by atoms with E-state index in [2.05, 4.69) is 50.0 Å². The fourth-order valence-electron chi connectivity index (χ4n) is 2.19. The van der Waals surface area contributed by atoms with Crippen molar-refractivity contribution in [1.29, 1.82) is 0 Å². The lowest BCUT2D eigenvalue weighted by Crippen LogP contribution is -2.33. The maximum atomic E-state index is 4.77. The second kappa shape index (κ2) is 7.37. The lowest BCUT2D eigenvalue weighted by Gasteiger charge is -2.29. The molecule has 3 heteroatoms. The SMILES string of the molecule is CCc1cc(CNC)cc(N(CC)C(C)CC)n1. The van der Waals surface area contributed by atoms with Gasteiger partial charge in [0, 0.05) is 24.8 Å². The third kappa shape index (κ3) is 3.70. The molecule has 1 heterocycles. The lowest BCUT2D eigenvalue weighted by molar-refractivity contribution is 0.621. The van der Waals surface area contributed by atoms with Crippen LogP contribution in [0.5, 0.6) is 0 Å². The Morgan fingerprint density at radius 1 is 1.28 bits per heavy atom. The molecule has 1 rings (SSSR count). The van der Waals surface area contributed by atoms with Gasteiger partial charge in [-0.1, -0.05) is 13.8 Å².